The number of fused-ring (bicyclic) bond motifs is 1. The molecule has 1 unspecified atom stereocenters. The molecule has 1 amide bonds. The molecule has 1 atom stereocenters. The monoisotopic (exact) mass is 410 g/mol. The zero-order chi connectivity index (χ0) is 20.2. The van der Waals surface area contributed by atoms with Gasteiger partial charge in [0.15, 0.2) is 16.6 Å². The molecule has 0 saturated carbocycles. The Bertz CT molecular complexity index is 1020. The normalized spacial score (nSPS) is 14.9. The Hall–Kier alpha value is -3.39. The SMILES string of the molecule is CC(=O)N(c1ccccc1)c1nc(COC(=O)C2COc3ccccc3O2)cs1. The molecule has 29 heavy (non-hydrogen) atoms. The minimum Gasteiger partial charge on any atom is -0.485 e. The minimum absolute atomic E-state index is 0.0165. The van der Waals surface area contributed by atoms with Gasteiger partial charge in [-0.15, -0.1) is 11.3 Å². The van der Waals surface area contributed by atoms with E-state index in [2.05, 4.69) is 4.98 Å². The number of hydrogen-bond donors (Lipinski definition) is 0. The predicted octanol–water partition coefficient (Wildman–Crippen LogP) is 3.71. The molecule has 8 heteroatoms. The smallest absolute Gasteiger partial charge is 0.351 e. The van der Waals surface area contributed by atoms with Gasteiger partial charge in [-0.3, -0.25) is 9.69 Å². The van der Waals surface area contributed by atoms with E-state index in [4.69, 9.17) is 14.2 Å². The third-order valence-corrected chi connectivity index (χ3v) is 5.07. The molecule has 0 radical (unpaired) electrons. The lowest BCUT2D eigenvalue weighted by atomic mass is 10.2. The van der Waals surface area contributed by atoms with E-state index < -0.39 is 12.1 Å². The van der Waals surface area contributed by atoms with Gasteiger partial charge in [-0.1, -0.05) is 30.3 Å². The Kier molecular flexibility index (Phi) is 5.44. The topological polar surface area (TPSA) is 78.0 Å². The van der Waals surface area contributed by atoms with Crippen molar-refractivity contribution in [3.8, 4) is 11.5 Å². The number of carbonyl (C=O) groups excluding carboxylic acids is 2. The van der Waals surface area contributed by atoms with Crippen molar-refractivity contribution < 1.29 is 23.8 Å². The molecule has 0 aliphatic carbocycles. The fourth-order valence-electron chi connectivity index (χ4n) is 2.84. The van der Waals surface area contributed by atoms with Crippen molar-refractivity contribution in [3.05, 3.63) is 65.7 Å². The summed E-state index contributed by atoms with van der Waals surface area (Å²) in [6, 6.07) is 16.4. The lowest BCUT2D eigenvalue weighted by Gasteiger charge is -2.24. The van der Waals surface area contributed by atoms with E-state index in [1.165, 1.54) is 23.2 Å². The minimum atomic E-state index is -0.832. The number of esters is 1. The molecule has 0 saturated heterocycles. The van der Waals surface area contributed by atoms with Crippen LogP contribution in [0.3, 0.4) is 0 Å². The summed E-state index contributed by atoms with van der Waals surface area (Å²) in [7, 11) is 0. The summed E-state index contributed by atoms with van der Waals surface area (Å²) >= 11 is 1.31. The third kappa shape index (κ3) is 4.22. The first-order valence-electron chi connectivity index (χ1n) is 8.97. The Balaban J connectivity index is 1.39. The number of benzene rings is 2. The molecule has 0 fully saturated rings. The molecular weight excluding hydrogens is 392 g/mol. The number of rotatable bonds is 5. The Morgan fingerprint density at radius 2 is 1.86 bits per heavy atom. The second kappa shape index (κ2) is 8.32. The summed E-state index contributed by atoms with van der Waals surface area (Å²) in [6.07, 6.45) is -0.832. The van der Waals surface area contributed by atoms with Gasteiger partial charge < -0.3 is 14.2 Å². The van der Waals surface area contributed by atoms with Gasteiger partial charge in [-0.05, 0) is 24.3 Å². The summed E-state index contributed by atoms with van der Waals surface area (Å²) in [4.78, 5) is 30.4. The molecule has 2 aromatic carbocycles. The van der Waals surface area contributed by atoms with Gasteiger partial charge in [-0.25, -0.2) is 9.78 Å². The maximum atomic E-state index is 12.3. The van der Waals surface area contributed by atoms with Crippen molar-refractivity contribution in [1.29, 1.82) is 0 Å². The molecule has 148 valence electrons. The Morgan fingerprint density at radius 3 is 2.62 bits per heavy atom. The molecule has 0 spiro atoms. The van der Waals surface area contributed by atoms with Crippen molar-refractivity contribution in [2.45, 2.75) is 19.6 Å². The van der Waals surface area contributed by atoms with E-state index in [1.54, 1.807) is 23.6 Å². The average Bonchev–Trinajstić information content (AvgIpc) is 3.20. The van der Waals surface area contributed by atoms with E-state index >= 15 is 0 Å². The van der Waals surface area contributed by atoms with Crippen LogP contribution in [0.15, 0.2) is 60.0 Å². The maximum absolute atomic E-state index is 12.3. The van der Waals surface area contributed by atoms with Crippen LogP contribution in [0, 0.1) is 0 Å². The standard InChI is InChI=1S/C21H18N2O5S/c1-14(24)23(16-7-3-2-4-8-16)21-22-15(13-29-21)11-27-20(25)19-12-26-17-9-5-6-10-18(17)28-19/h2-10,13,19H,11-12H2,1H3. The van der Waals surface area contributed by atoms with Crippen LogP contribution in [0.1, 0.15) is 12.6 Å². The number of aromatic nitrogens is 1. The average molecular weight is 410 g/mol. The molecule has 2 heterocycles. The van der Waals surface area contributed by atoms with Crippen LogP contribution in [0.25, 0.3) is 0 Å². The van der Waals surface area contributed by atoms with Crippen molar-refractivity contribution in [3.63, 3.8) is 0 Å². The molecule has 1 aromatic heterocycles. The Labute approximate surface area is 171 Å². The number of hydrogen-bond acceptors (Lipinski definition) is 7. The van der Waals surface area contributed by atoms with Gasteiger partial charge in [0.1, 0.15) is 13.2 Å². The number of carbonyl (C=O) groups is 2. The van der Waals surface area contributed by atoms with Gasteiger partial charge >= 0.3 is 5.97 Å². The first-order valence-corrected chi connectivity index (χ1v) is 9.85. The summed E-state index contributed by atoms with van der Waals surface area (Å²) in [5.41, 5.74) is 1.28. The number of thiazole rings is 1. The van der Waals surface area contributed by atoms with Gasteiger partial charge in [-0.2, -0.15) is 0 Å². The van der Waals surface area contributed by atoms with Crippen LogP contribution in [0.4, 0.5) is 10.8 Å². The predicted molar refractivity (Wildman–Crippen MR) is 108 cm³/mol. The number of anilines is 2. The van der Waals surface area contributed by atoms with Crippen molar-refractivity contribution in [1.82, 2.24) is 4.98 Å². The number of ether oxygens (including phenoxy) is 3. The second-order valence-electron chi connectivity index (χ2n) is 6.28. The van der Waals surface area contributed by atoms with Crippen LogP contribution in [-0.4, -0.2) is 29.6 Å². The van der Waals surface area contributed by atoms with Crippen LogP contribution in [0.2, 0.25) is 0 Å². The quantitative estimate of drug-likeness (QED) is 0.597. The summed E-state index contributed by atoms with van der Waals surface area (Å²) in [6.45, 7) is 1.55. The van der Waals surface area contributed by atoms with Crippen molar-refractivity contribution in [2.75, 3.05) is 11.5 Å². The van der Waals surface area contributed by atoms with Gasteiger partial charge in [0.05, 0.1) is 11.4 Å². The highest BCUT2D eigenvalue weighted by Gasteiger charge is 2.29. The van der Waals surface area contributed by atoms with E-state index in [9.17, 15) is 9.59 Å². The van der Waals surface area contributed by atoms with Crippen LogP contribution >= 0.6 is 11.3 Å². The van der Waals surface area contributed by atoms with Crippen molar-refractivity contribution >= 4 is 34.0 Å². The number of amides is 1. The maximum Gasteiger partial charge on any atom is 0.351 e. The molecule has 0 N–H and O–H groups in total. The zero-order valence-electron chi connectivity index (χ0n) is 15.6. The van der Waals surface area contributed by atoms with Crippen LogP contribution < -0.4 is 14.4 Å². The van der Waals surface area contributed by atoms with E-state index in [0.29, 0.717) is 22.3 Å². The Morgan fingerprint density at radius 1 is 1.14 bits per heavy atom. The van der Waals surface area contributed by atoms with E-state index in [1.807, 2.05) is 36.4 Å². The third-order valence-electron chi connectivity index (χ3n) is 4.19. The molecule has 4 rings (SSSR count). The van der Waals surface area contributed by atoms with Crippen LogP contribution in [-0.2, 0) is 20.9 Å². The van der Waals surface area contributed by atoms with Crippen LogP contribution in [0.5, 0.6) is 11.5 Å². The first kappa shape index (κ1) is 18.9. The molecular formula is C21H18N2O5S. The number of nitrogens with zero attached hydrogens (tertiary/aromatic N) is 2. The highest BCUT2D eigenvalue weighted by molar-refractivity contribution is 7.14. The second-order valence-corrected chi connectivity index (χ2v) is 7.12. The molecule has 1 aliphatic rings. The fourth-order valence-corrected chi connectivity index (χ4v) is 3.71. The fraction of sp³-hybridized carbons (Fsp3) is 0.190. The van der Waals surface area contributed by atoms with Gasteiger partial charge in [0.2, 0.25) is 12.0 Å². The molecule has 7 nitrogen and oxygen atoms in total. The lowest BCUT2D eigenvalue weighted by molar-refractivity contribution is -0.156. The number of para-hydroxylation sites is 3. The van der Waals surface area contributed by atoms with Gasteiger partial charge in [0.25, 0.3) is 0 Å². The summed E-state index contributed by atoms with van der Waals surface area (Å²) < 4.78 is 16.5. The lowest BCUT2D eigenvalue weighted by Crippen LogP contribution is -2.37. The summed E-state index contributed by atoms with van der Waals surface area (Å²) in [5, 5.41) is 2.27. The summed E-state index contributed by atoms with van der Waals surface area (Å²) in [5.74, 6) is 0.434. The van der Waals surface area contributed by atoms with E-state index in [0.717, 1.165) is 5.69 Å². The zero-order valence-corrected chi connectivity index (χ0v) is 16.4. The van der Waals surface area contributed by atoms with Gasteiger partial charge in [0, 0.05) is 12.3 Å². The van der Waals surface area contributed by atoms with E-state index in [-0.39, 0.29) is 19.1 Å². The highest BCUT2D eigenvalue weighted by atomic mass is 32.1. The molecule has 1 aliphatic heterocycles. The molecule has 0 bridgehead atoms. The largest absolute Gasteiger partial charge is 0.485 e. The molecule has 3 aromatic rings. The highest BCUT2D eigenvalue weighted by Crippen LogP contribution is 2.31. The van der Waals surface area contributed by atoms with Crippen molar-refractivity contribution in [2.24, 2.45) is 0 Å². The first-order chi connectivity index (χ1) is 14.1.